The maximum atomic E-state index is 10.7. The van der Waals surface area contributed by atoms with E-state index in [1.807, 2.05) is 0 Å². The van der Waals surface area contributed by atoms with Gasteiger partial charge in [-0.15, -0.1) is 0 Å². The zero-order valence-electron chi connectivity index (χ0n) is 7.26. The summed E-state index contributed by atoms with van der Waals surface area (Å²) in [6.07, 6.45) is 0.959. The molecule has 1 atom stereocenters. The van der Waals surface area contributed by atoms with Crippen LogP contribution >= 0.6 is 0 Å². The number of rotatable bonds is 6. The van der Waals surface area contributed by atoms with Crippen molar-refractivity contribution in [2.24, 2.45) is 0 Å². The van der Waals surface area contributed by atoms with Crippen LogP contribution in [0.4, 0.5) is 0 Å². The SMILES string of the molecule is C=CC(=O)OC(CC)CO[SH](=O)=O.[KH]. The van der Waals surface area contributed by atoms with Crippen LogP contribution in [-0.4, -0.2) is 78.5 Å². The van der Waals surface area contributed by atoms with Crippen molar-refractivity contribution in [1.82, 2.24) is 0 Å². The predicted molar refractivity (Wildman–Crippen MR) is 53.8 cm³/mol. The van der Waals surface area contributed by atoms with Crippen molar-refractivity contribution >= 4 is 68.3 Å². The van der Waals surface area contributed by atoms with Crippen molar-refractivity contribution in [3.63, 3.8) is 0 Å². The monoisotopic (exact) mass is 248 g/mol. The summed E-state index contributed by atoms with van der Waals surface area (Å²) in [5, 5.41) is 0. The molecule has 0 rings (SSSR count). The number of hydrogen-bond donors (Lipinski definition) is 1. The minimum absolute atomic E-state index is 0. The van der Waals surface area contributed by atoms with Crippen molar-refractivity contribution in [3.05, 3.63) is 12.7 Å². The second-order valence-electron chi connectivity index (χ2n) is 2.19. The molecule has 1 unspecified atom stereocenters. The molecule has 5 nitrogen and oxygen atoms in total. The summed E-state index contributed by atoms with van der Waals surface area (Å²) in [4.78, 5) is 10.7. The van der Waals surface area contributed by atoms with Crippen molar-refractivity contribution in [2.45, 2.75) is 19.4 Å². The summed E-state index contributed by atoms with van der Waals surface area (Å²) in [7, 11) is -2.89. The van der Waals surface area contributed by atoms with Crippen LogP contribution in [0.5, 0.6) is 0 Å². The van der Waals surface area contributed by atoms with Gasteiger partial charge in [0.25, 0.3) is 11.0 Å². The Balaban J connectivity index is 0. The molecule has 0 aliphatic rings. The van der Waals surface area contributed by atoms with E-state index in [-0.39, 0.29) is 58.0 Å². The molecule has 0 N–H and O–H groups in total. The molecule has 0 radical (unpaired) electrons. The molecule has 0 aromatic rings. The Morgan fingerprint density at radius 2 is 2.14 bits per heavy atom. The van der Waals surface area contributed by atoms with Gasteiger partial charge in [0, 0.05) is 6.08 Å². The molecular weight excluding hydrogens is 235 g/mol. The summed E-state index contributed by atoms with van der Waals surface area (Å²) in [6.45, 7) is 4.82. The summed E-state index contributed by atoms with van der Waals surface area (Å²) < 4.78 is 29.1. The van der Waals surface area contributed by atoms with Gasteiger partial charge in [0.05, 0.1) is 0 Å². The molecule has 0 spiro atoms. The van der Waals surface area contributed by atoms with Crippen LogP contribution in [0.15, 0.2) is 12.7 Å². The number of thiol groups is 1. The van der Waals surface area contributed by atoms with Crippen molar-refractivity contribution in [2.75, 3.05) is 6.61 Å². The first kappa shape index (κ1) is 17.2. The predicted octanol–water partition coefficient (Wildman–Crippen LogP) is -0.611. The van der Waals surface area contributed by atoms with E-state index in [2.05, 4.69) is 10.8 Å². The third kappa shape index (κ3) is 9.32. The zero-order chi connectivity index (χ0) is 10.3. The molecule has 0 aromatic carbocycles. The average Bonchev–Trinajstić information content (AvgIpc) is 2.11. The Morgan fingerprint density at radius 3 is 2.50 bits per heavy atom. The summed E-state index contributed by atoms with van der Waals surface area (Å²) in [5.41, 5.74) is 0. The van der Waals surface area contributed by atoms with Gasteiger partial charge in [0.15, 0.2) is 0 Å². The Hall–Kier alpha value is 0.756. The normalized spacial score (nSPS) is 11.6. The van der Waals surface area contributed by atoms with Crippen molar-refractivity contribution in [3.8, 4) is 0 Å². The summed E-state index contributed by atoms with van der Waals surface area (Å²) in [5.74, 6) is -0.587. The Bertz CT molecular complexity index is 242. The van der Waals surface area contributed by atoms with Crippen LogP contribution in [0.25, 0.3) is 0 Å². The number of hydrogen-bond acceptors (Lipinski definition) is 5. The van der Waals surface area contributed by atoms with Crippen LogP contribution in [-0.2, 0) is 24.7 Å². The second-order valence-corrected chi connectivity index (χ2v) is 2.90. The van der Waals surface area contributed by atoms with E-state index in [1.165, 1.54) is 0 Å². The Kier molecular flexibility index (Phi) is 12.6. The van der Waals surface area contributed by atoms with Gasteiger partial charge in [-0.3, -0.25) is 4.18 Å². The Morgan fingerprint density at radius 1 is 1.57 bits per heavy atom. The van der Waals surface area contributed by atoms with Gasteiger partial charge < -0.3 is 4.74 Å². The van der Waals surface area contributed by atoms with Gasteiger partial charge >= 0.3 is 57.4 Å². The first-order valence-corrected chi connectivity index (χ1v) is 4.80. The fraction of sp³-hybridized carbons (Fsp3) is 0.571. The first-order valence-electron chi connectivity index (χ1n) is 3.70. The summed E-state index contributed by atoms with van der Waals surface area (Å²) in [6, 6.07) is 0. The van der Waals surface area contributed by atoms with Gasteiger partial charge in [-0.2, -0.15) is 0 Å². The molecule has 0 fully saturated rings. The molecule has 0 amide bonds. The number of carbonyl (C=O) groups excluding carboxylic acids is 1. The molecule has 0 aliphatic heterocycles. The standard InChI is InChI=1S/C7H12O5S.K.H/c1-3-6(5-11-13(9)10)12-7(8)4-2;;/h4,6,13H,2-3,5H2,1H3;;. The van der Waals surface area contributed by atoms with E-state index in [4.69, 9.17) is 4.74 Å². The van der Waals surface area contributed by atoms with E-state index >= 15 is 0 Å². The number of esters is 1. The molecule has 0 saturated carbocycles. The van der Waals surface area contributed by atoms with Gasteiger partial charge in [0.1, 0.15) is 12.7 Å². The van der Waals surface area contributed by atoms with Gasteiger partial charge in [-0.25, -0.2) is 13.2 Å². The topological polar surface area (TPSA) is 69.7 Å². The molecule has 0 aromatic heterocycles. The van der Waals surface area contributed by atoms with Gasteiger partial charge in [0.2, 0.25) is 0 Å². The first-order chi connectivity index (χ1) is 6.10. The average molecular weight is 248 g/mol. The van der Waals surface area contributed by atoms with E-state index in [0.717, 1.165) is 6.08 Å². The zero-order valence-corrected chi connectivity index (χ0v) is 8.16. The van der Waals surface area contributed by atoms with E-state index in [9.17, 15) is 13.2 Å². The van der Waals surface area contributed by atoms with Crippen LogP contribution < -0.4 is 0 Å². The maximum absolute atomic E-state index is 10.7. The third-order valence-corrected chi connectivity index (χ3v) is 1.63. The van der Waals surface area contributed by atoms with Crippen molar-refractivity contribution in [1.29, 1.82) is 0 Å². The molecule has 14 heavy (non-hydrogen) atoms. The van der Waals surface area contributed by atoms with Gasteiger partial charge in [-0.05, 0) is 6.42 Å². The Labute approximate surface area is 127 Å². The fourth-order valence-electron chi connectivity index (χ4n) is 0.592. The van der Waals surface area contributed by atoms with Crippen LogP contribution in [0, 0.1) is 0 Å². The van der Waals surface area contributed by atoms with Crippen LogP contribution in [0.2, 0.25) is 0 Å². The van der Waals surface area contributed by atoms with Crippen molar-refractivity contribution < 1.29 is 22.1 Å². The summed E-state index contributed by atoms with van der Waals surface area (Å²) >= 11 is 0. The van der Waals surface area contributed by atoms with Gasteiger partial charge in [-0.1, -0.05) is 13.5 Å². The van der Waals surface area contributed by atoms with Crippen LogP contribution in [0.1, 0.15) is 13.3 Å². The second kappa shape index (κ2) is 10.3. The molecule has 78 valence electrons. The molecule has 0 heterocycles. The number of ether oxygens (including phenoxy) is 1. The molecule has 0 aliphatic carbocycles. The van der Waals surface area contributed by atoms with E-state index < -0.39 is 23.1 Å². The van der Waals surface area contributed by atoms with E-state index in [0.29, 0.717) is 6.42 Å². The van der Waals surface area contributed by atoms with E-state index in [1.54, 1.807) is 6.92 Å². The molecule has 0 bridgehead atoms. The quantitative estimate of drug-likeness (QED) is 0.294. The molecular formula is C7H13KO5S. The fourth-order valence-corrected chi connectivity index (χ4v) is 0.880. The number of carbonyl (C=O) groups is 1. The molecule has 7 heteroatoms. The van der Waals surface area contributed by atoms with Crippen LogP contribution in [0.3, 0.4) is 0 Å². The third-order valence-electron chi connectivity index (χ3n) is 1.27. The molecule has 0 saturated heterocycles. The minimum atomic E-state index is -2.89.